The molecule has 0 saturated heterocycles. The summed E-state index contributed by atoms with van der Waals surface area (Å²) in [4.78, 5) is 6.94. The van der Waals surface area contributed by atoms with Gasteiger partial charge in [0, 0.05) is 17.8 Å². The summed E-state index contributed by atoms with van der Waals surface area (Å²) < 4.78 is 0. The lowest BCUT2D eigenvalue weighted by Gasteiger charge is -2.44. The van der Waals surface area contributed by atoms with Crippen molar-refractivity contribution in [2.24, 2.45) is 0 Å². The standard InChI is InChI=1S/C18H23N3/c1-19(2)18(20(3)4)21-16-11-7-5-9-14(16)13-15-10-6-8-12-17(15)21/h5-12,18H,13H2,1-4H3. The normalized spacial score (nSPS) is 13.8. The van der Waals surface area contributed by atoms with Crippen molar-refractivity contribution in [2.75, 3.05) is 33.1 Å². The van der Waals surface area contributed by atoms with E-state index in [0.29, 0.717) is 0 Å². The highest BCUT2D eigenvalue weighted by Gasteiger charge is 2.30. The molecule has 0 amide bonds. The average molecular weight is 281 g/mol. The molecule has 0 atom stereocenters. The van der Waals surface area contributed by atoms with Crippen LogP contribution < -0.4 is 4.90 Å². The Hall–Kier alpha value is -1.84. The molecule has 3 rings (SSSR count). The van der Waals surface area contributed by atoms with Gasteiger partial charge in [-0.25, -0.2) is 0 Å². The van der Waals surface area contributed by atoms with Gasteiger partial charge in [-0.15, -0.1) is 0 Å². The molecule has 0 bridgehead atoms. The van der Waals surface area contributed by atoms with E-state index in [0.717, 1.165) is 6.42 Å². The van der Waals surface area contributed by atoms with Gasteiger partial charge in [0.05, 0.1) is 0 Å². The second-order valence-electron chi connectivity index (χ2n) is 6.08. The number of rotatable bonds is 3. The molecule has 110 valence electrons. The van der Waals surface area contributed by atoms with Crippen LogP contribution in [0.2, 0.25) is 0 Å². The van der Waals surface area contributed by atoms with Crippen LogP contribution in [-0.2, 0) is 6.42 Å². The van der Waals surface area contributed by atoms with E-state index in [-0.39, 0.29) is 6.29 Å². The van der Waals surface area contributed by atoms with Gasteiger partial charge in [0.2, 0.25) is 0 Å². The maximum atomic E-state index is 2.44. The molecule has 0 N–H and O–H groups in total. The van der Waals surface area contributed by atoms with Crippen molar-refractivity contribution in [3.05, 3.63) is 59.7 Å². The third kappa shape index (κ3) is 2.43. The minimum absolute atomic E-state index is 0.188. The molecular formula is C18H23N3. The first-order valence-corrected chi connectivity index (χ1v) is 7.37. The Morgan fingerprint density at radius 3 is 1.62 bits per heavy atom. The van der Waals surface area contributed by atoms with E-state index in [1.807, 2.05) is 0 Å². The molecule has 0 radical (unpaired) electrons. The maximum Gasteiger partial charge on any atom is 0.143 e. The first-order valence-electron chi connectivity index (χ1n) is 7.37. The molecule has 0 saturated carbocycles. The molecule has 0 fully saturated rings. The number of anilines is 2. The molecule has 1 heterocycles. The number of benzene rings is 2. The van der Waals surface area contributed by atoms with E-state index in [2.05, 4.69) is 91.4 Å². The van der Waals surface area contributed by atoms with Crippen LogP contribution in [0.3, 0.4) is 0 Å². The number of para-hydroxylation sites is 2. The minimum Gasteiger partial charge on any atom is -0.312 e. The maximum absolute atomic E-state index is 2.44. The van der Waals surface area contributed by atoms with Crippen LogP contribution in [0.5, 0.6) is 0 Å². The first kappa shape index (κ1) is 14.1. The van der Waals surface area contributed by atoms with Crippen LogP contribution in [0.1, 0.15) is 11.1 Å². The number of hydrogen-bond donors (Lipinski definition) is 0. The fourth-order valence-corrected chi connectivity index (χ4v) is 3.30. The smallest absolute Gasteiger partial charge is 0.143 e. The summed E-state index contributed by atoms with van der Waals surface area (Å²) in [5, 5.41) is 0. The van der Waals surface area contributed by atoms with Gasteiger partial charge in [0.15, 0.2) is 0 Å². The molecule has 0 aromatic heterocycles. The third-order valence-corrected chi connectivity index (χ3v) is 4.04. The molecule has 3 nitrogen and oxygen atoms in total. The van der Waals surface area contributed by atoms with E-state index in [9.17, 15) is 0 Å². The zero-order chi connectivity index (χ0) is 15.0. The van der Waals surface area contributed by atoms with Crippen LogP contribution in [0, 0.1) is 0 Å². The van der Waals surface area contributed by atoms with Gasteiger partial charge in [-0.3, -0.25) is 9.80 Å². The molecule has 0 unspecified atom stereocenters. The number of fused-ring (bicyclic) bond motifs is 2. The highest BCUT2D eigenvalue weighted by atomic mass is 15.5. The Balaban J connectivity index is 2.18. The Morgan fingerprint density at radius 2 is 1.19 bits per heavy atom. The molecular weight excluding hydrogens is 258 g/mol. The summed E-state index contributed by atoms with van der Waals surface area (Å²) >= 11 is 0. The van der Waals surface area contributed by atoms with Gasteiger partial charge < -0.3 is 4.90 Å². The molecule has 0 spiro atoms. The van der Waals surface area contributed by atoms with E-state index >= 15 is 0 Å². The Bertz CT molecular complexity index is 580. The highest BCUT2D eigenvalue weighted by Crippen LogP contribution is 2.40. The zero-order valence-electron chi connectivity index (χ0n) is 13.2. The lowest BCUT2D eigenvalue weighted by molar-refractivity contribution is 0.134. The molecule has 3 heteroatoms. The van der Waals surface area contributed by atoms with E-state index in [1.165, 1.54) is 22.5 Å². The second kappa shape index (κ2) is 5.51. The summed E-state index contributed by atoms with van der Waals surface area (Å²) in [5.41, 5.74) is 5.40. The van der Waals surface area contributed by atoms with Gasteiger partial charge >= 0.3 is 0 Å². The van der Waals surface area contributed by atoms with Crippen molar-refractivity contribution >= 4 is 11.4 Å². The van der Waals surface area contributed by atoms with Gasteiger partial charge in [-0.05, 0) is 51.5 Å². The van der Waals surface area contributed by atoms with Gasteiger partial charge in [0.1, 0.15) is 6.29 Å². The molecule has 21 heavy (non-hydrogen) atoms. The Labute approximate surface area is 127 Å². The fraction of sp³-hybridized carbons (Fsp3) is 0.333. The molecule has 1 aliphatic heterocycles. The van der Waals surface area contributed by atoms with E-state index < -0.39 is 0 Å². The molecule has 0 aliphatic carbocycles. The van der Waals surface area contributed by atoms with Crippen molar-refractivity contribution in [1.29, 1.82) is 0 Å². The highest BCUT2D eigenvalue weighted by molar-refractivity contribution is 5.74. The first-order chi connectivity index (χ1) is 10.1. The summed E-state index contributed by atoms with van der Waals surface area (Å²) in [6.45, 7) is 0. The van der Waals surface area contributed by atoms with Crippen LogP contribution >= 0.6 is 0 Å². The summed E-state index contributed by atoms with van der Waals surface area (Å²) in [5.74, 6) is 0. The van der Waals surface area contributed by atoms with Crippen LogP contribution in [0.25, 0.3) is 0 Å². The van der Waals surface area contributed by atoms with Crippen LogP contribution in [0.4, 0.5) is 11.4 Å². The molecule has 1 aliphatic rings. The van der Waals surface area contributed by atoms with E-state index in [4.69, 9.17) is 0 Å². The van der Waals surface area contributed by atoms with Crippen molar-refractivity contribution in [3.63, 3.8) is 0 Å². The Morgan fingerprint density at radius 1 is 0.762 bits per heavy atom. The van der Waals surface area contributed by atoms with Crippen molar-refractivity contribution < 1.29 is 0 Å². The zero-order valence-corrected chi connectivity index (χ0v) is 13.2. The molecule has 2 aromatic carbocycles. The topological polar surface area (TPSA) is 9.72 Å². The fourth-order valence-electron chi connectivity index (χ4n) is 3.30. The largest absolute Gasteiger partial charge is 0.312 e. The monoisotopic (exact) mass is 281 g/mol. The van der Waals surface area contributed by atoms with E-state index in [1.54, 1.807) is 0 Å². The van der Waals surface area contributed by atoms with Gasteiger partial charge in [-0.2, -0.15) is 0 Å². The number of hydrogen-bond acceptors (Lipinski definition) is 3. The van der Waals surface area contributed by atoms with Gasteiger partial charge in [-0.1, -0.05) is 36.4 Å². The SMILES string of the molecule is CN(C)C(N(C)C)N1c2ccccc2Cc2ccccc21. The minimum atomic E-state index is 0.188. The summed E-state index contributed by atoms with van der Waals surface area (Å²) in [7, 11) is 8.52. The summed E-state index contributed by atoms with van der Waals surface area (Å²) in [6.07, 6.45) is 1.20. The average Bonchev–Trinajstić information content (AvgIpc) is 2.46. The van der Waals surface area contributed by atoms with Gasteiger partial charge in [0.25, 0.3) is 0 Å². The Kier molecular flexibility index (Phi) is 3.70. The number of nitrogens with zero attached hydrogens (tertiary/aromatic N) is 3. The van der Waals surface area contributed by atoms with Crippen LogP contribution in [-0.4, -0.2) is 44.3 Å². The quantitative estimate of drug-likeness (QED) is 0.800. The lowest BCUT2D eigenvalue weighted by atomic mass is 9.95. The molecule has 2 aromatic rings. The van der Waals surface area contributed by atoms with Crippen LogP contribution in [0.15, 0.2) is 48.5 Å². The predicted molar refractivity (Wildman–Crippen MR) is 89.0 cm³/mol. The van der Waals surface area contributed by atoms with Crippen molar-refractivity contribution in [3.8, 4) is 0 Å². The predicted octanol–water partition coefficient (Wildman–Crippen LogP) is 3.14. The lowest BCUT2D eigenvalue weighted by Crippen LogP contribution is -2.52. The van der Waals surface area contributed by atoms with Crippen molar-refractivity contribution in [2.45, 2.75) is 12.7 Å². The van der Waals surface area contributed by atoms with Crippen molar-refractivity contribution in [1.82, 2.24) is 9.80 Å². The summed E-state index contributed by atoms with van der Waals surface area (Å²) in [6, 6.07) is 17.4. The third-order valence-electron chi connectivity index (χ3n) is 4.04. The second-order valence-corrected chi connectivity index (χ2v) is 6.08.